The van der Waals surface area contributed by atoms with E-state index in [9.17, 15) is 18.8 Å². The summed E-state index contributed by atoms with van der Waals surface area (Å²) in [5, 5.41) is 5.62. The molecule has 0 fully saturated rings. The summed E-state index contributed by atoms with van der Waals surface area (Å²) in [4.78, 5) is 38.6. The maximum atomic E-state index is 14.3. The molecule has 0 aliphatic rings. The minimum Gasteiger partial charge on any atom is -0.444 e. The summed E-state index contributed by atoms with van der Waals surface area (Å²) in [5.74, 6) is -1.31. The third kappa shape index (κ3) is 8.45. The van der Waals surface area contributed by atoms with Crippen molar-refractivity contribution in [3.63, 3.8) is 0 Å². The van der Waals surface area contributed by atoms with Crippen LogP contribution in [0.2, 0.25) is 5.02 Å². The van der Waals surface area contributed by atoms with Gasteiger partial charge in [0, 0.05) is 18.4 Å². The second-order valence-electron chi connectivity index (χ2n) is 10.1. The van der Waals surface area contributed by atoms with E-state index in [1.807, 2.05) is 20.8 Å². The number of ether oxygens (including phenoxy) is 1. The van der Waals surface area contributed by atoms with Crippen LogP contribution in [0.4, 0.5) is 9.18 Å². The maximum Gasteiger partial charge on any atom is 0.408 e. The number of benzene rings is 2. The molecule has 0 saturated carbocycles. The van der Waals surface area contributed by atoms with Crippen LogP contribution in [0.3, 0.4) is 0 Å². The van der Waals surface area contributed by atoms with Gasteiger partial charge in [-0.05, 0) is 64.8 Å². The Bertz CT molecular complexity index is 1060. The van der Waals surface area contributed by atoms with Crippen LogP contribution in [0.25, 0.3) is 0 Å². The van der Waals surface area contributed by atoms with Crippen LogP contribution >= 0.6 is 11.6 Å². The Morgan fingerprint density at radius 1 is 0.971 bits per heavy atom. The van der Waals surface area contributed by atoms with Gasteiger partial charge in [0.05, 0.1) is 16.6 Å². The van der Waals surface area contributed by atoms with Crippen molar-refractivity contribution in [3.8, 4) is 0 Å². The van der Waals surface area contributed by atoms with E-state index < -0.39 is 40.8 Å². The van der Waals surface area contributed by atoms with Crippen LogP contribution in [0.5, 0.6) is 0 Å². The monoisotopic (exact) mass is 490 g/mol. The number of Topliss-reactive ketones (excluding diaryl/α,β-unsaturated/α-hetero) is 1. The summed E-state index contributed by atoms with van der Waals surface area (Å²) in [6, 6.07) is 9.81. The zero-order chi connectivity index (χ0) is 25.7. The molecule has 6 nitrogen and oxygen atoms in total. The molecule has 0 aliphatic carbocycles. The van der Waals surface area contributed by atoms with E-state index in [-0.39, 0.29) is 29.0 Å². The predicted molar refractivity (Wildman–Crippen MR) is 131 cm³/mol. The number of nitrogens with one attached hydrogen (secondary N) is 2. The van der Waals surface area contributed by atoms with Gasteiger partial charge in [-0.25, -0.2) is 9.18 Å². The zero-order valence-electron chi connectivity index (χ0n) is 20.4. The van der Waals surface area contributed by atoms with Crippen LogP contribution in [0.15, 0.2) is 42.5 Å². The van der Waals surface area contributed by atoms with Crippen molar-refractivity contribution in [1.82, 2.24) is 10.6 Å². The van der Waals surface area contributed by atoms with Gasteiger partial charge in [0.15, 0.2) is 5.78 Å². The molecule has 0 spiro atoms. The maximum absolute atomic E-state index is 14.3. The van der Waals surface area contributed by atoms with Gasteiger partial charge in [-0.1, -0.05) is 41.9 Å². The van der Waals surface area contributed by atoms with Crippen molar-refractivity contribution in [3.05, 3.63) is 70.0 Å². The average Bonchev–Trinajstić information content (AvgIpc) is 2.66. The summed E-state index contributed by atoms with van der Waals surface area (Å²) in [6.45, 7) is 10.6. The second kappa shape index (κ2) is 11.0. The predicted octanol–water partition coefficient (Wildman–Crippen LogP) is 5.26. The van der Waals surface area contributed by atoms with Crippen molar-refractivity contribution in [1.29, 1.82) is 0 Å². The highest BCUT2D eigenvalue weighted by atomic mass is 35.5. The van der Waals surface area contributed by atoms with Crippen LogP contribution in [0, 0.1) is 5.82 Å². The topological polar surface area (TPSA) is 84.5 Å². The van der Waals surface area contributed by atoms with E-state index in [0.29, 0.717) is 5.56 Å². The highest BCUT2D eigenvalue weighted by molar-refractivity contribution is 6.34. The number of alkyl carbamates (subject to hydrolysis) is 1. The molecule has 0 saturated heterocycles. The molecule has 1 atom stereocenters. The number of halogens is 2. The standard InChI is InChI=1S/C26H32ClFN2O4/c1-25(2,3)30-23(32)22-17(11-9-12-18(22)27)15-21(31)20(29-24(33)34-26(4,5)6)14-16-10-7-8-13-19(16)28/h7-13,20H,14-15H2,1-6H3,(H,29,33)(H,30,32). The van der Waals surface area contributed by atoms with Gasteiger partial charge in [0.25, 0.3) is 5.91 Å². The molecule has 184 valence electrons. The fourth-order valence-electron chi connectivity index (χ4n) is 3.26. The molecule has 1 unspecified atom stereocenters. The molecule has 2 rings (SSSR count). The van der Waals surface area contributed by atoms with Crippen molar-refractivity contribution in [2.24, 2.45) is 0 Å². The Balaban J connectivity index is 2.35. The minimum absolute atomic E-state index is 0.0746. The average molecular weight is 491 g/mol. The van der Waals surface area contributed by atoms with E-state index in [1.165, 1.54) is 6.07 Å². The van der Waals surface area contributed by atoms with Gasteiger partial charge >= 0.3 is 6.09 Å². The number of rotatable bonds is 7. The van der Waals surface area contributed by atoms with Gasteiger partial charge in [-0.2, -0.15) is 0 Å². The normalized spacial score (nSPS) is 12.6. The van der Waals surface area contributed by atoms with Crippen LogP contribution in [0.1, 0.15) is 63.0 Å². The molecule has 2 aromatic carbocycles. The quantitative estimate of drug-likeness (QED) is 0.554. The van der Waals surface area contributed by atoms with Crippen LogP contribution in [-0.4, -0.2) is 35.0 Å². The molecule has 0 aromatic heterocycles. The molecule has 2 amide bonds. The van der Waals surface area contributed by atoms with E-state index in [2.05, 4.69) is 10.6 Å². The first-order valence-electron chi connectivity index (χ1n) is 11.0. The van der Waals surface area contributed by atoms with Crippen molar-refractivity contribution >= 4 is 29.4 Å². The van der Waals surface area contributed by atoms with Crippen molar-refractivity contribution in [2.45, 2.75) is 71.6 Å². The molecular weight excluding hydrogens is 459 g/mol. The third-order valence-electron chi connectivity index (χ3n) is 4.64. The van der Waals surface area contributed by atoms with Gasteiger partial charge in [0.2, 0.25) is 0 Å². The lowest BCUT2D eigenvalue weighted by Crippen LogP contribution is -2.45. The highest BCUT2D eigenvalue weighted by Crippen LogP contribution is 2.23. The number of amides is 2. The van der Waals surface area contributed by atoms with Crippen molar-refractivity contribution in [2.75, 3.05) is 0 Å². The summed E-state index contributed by atoms with van der Waals surface area (Å²) in [5.41, 5.74) is -0.420. The molecule has 8 heteroatoms. The minimum atomic E-state index is -1.08. The van der Waals surface area contributed by atoms with Crippen LogP contribution < -0.4 is 10.6 Å². The molecular formula is C26H32ClFN2O4. The SMILES string of the molecule is CC(C)(C)NC(=O)c1c(Cl)cccc1CC(=O)C(Cc1ccccc1F)NC(=O)OC(C)(C)C. The van der Waals surface area contributed by atoms with E-state index >= 15 is 0 Å². The van der Waals surface area contributed by atoms with E-state index in [4.69, 9.17) is 16.3 Å². The molecule has 0 bridgehead atoms. The Kier molecular flexibility index (Phi) is 8.83. The first kappa shape index (κ1) is 27.3. The summed E-state index contributed by atoms with van der Waals surface area (Å²) < 4.78 is 19.6. The van der Waals surface area contributed by atoms with Crippen LogP contribution in [-0.2, 0) is 22.4 Å². The summed E-state index contributed by atoms with van der Waals surface area (Å²) in [6.07, 6.45) is -1.06. The molecule has 2 aromatic rings. The fourth-order valence-corrected chi connectivity index (χ4v) is 3.54. The largest absolute Gasteiger partial charge is 0.444 e. The Labute approximate surface area is 205 Å². The number of carbonyl (C=O) groups excluding carboxylic acids is 3. The number of carbonyl (C=O) groups is 3. The smallest absolute Gasteiger partial charge is 0.408 e. The summed E-state index contributed by atoms with van der Waals surface area (Å²) in [7, 11) is 0. The van der Waals surface area contributed by atoms with E-state index in [0.717, 1.165) is 0 Å². The molecule has 2 N–H and O–H groups in total. The third-order valence-corrected chi connectivity index (χ3v) is 4.96. The number of hydrogen-bond donors (Lipinski definition) is 2. The lowest BCUT2D eigenvalue weighted by atomic mass is 9.94. The Hall–Kier alpha value is -2.93. The number of hydrogen-bond acceptors (Lipinski definition) is 4. The van der Waals surface area contributed by atoms with Gasteiger partial charge in [-0.15, -0.1) is 0 Å². The summed E-state index contributed by atoms with van der Waals surface area (Å²) >= 11 is 6.31. The van der Waals surface area contributed by atoms with E-state index in [1.54, 1.807) is 57.2 Å². The molecule has 0 heterocycles. The van der Waals surface area contributed by atoms with Gasteiger partial charge in [-0.3, -0.25) is 9.59 Å². The highest BCUT2D eigenvalue weighted by Gasteiger charge is 2.28. The Morgan fingerprint density at radius 3 is 2.18 bits per heavy atom. The zero-order valence-corrected chi connectivity index (χ0v) is 21.2. The number of ketones is 1. The lowest BCUT2D eigenvalue weighted by Gasteiger charge is -2.24. The molecule has 0 aliphatic heterocycles. The van der Waals surface area contributed by atoms with Crippen molar-refractivity contribution < 1.29 is 23.5 Å². The van der Waals surface area contributed by atoms with Gasteiger partial charge in [0.1, 0.15) is 11.4 Å². The van der Waals surface area contributed by atoms with Gasteiger partial charge < -0.3 is 15.4 Å². The Morgan fingerprint density at radius 2 is 1.59 bits per heavy atom. The lowest BCUT2D eigenvalue weighted by molar-refractivity contribution is -0.120. The molecule has 34 heavy (non-hydrogen) atoms. The fraction of sp³-hybridized carbons (Fsp3) is 0.423. The molecule has 0 radical (unpaired) electrons. The first-order chi connectivity index (χ1) is 15.7. The second-order valence-corrected chi connectivity index (χ2v) is 10.5. The first-order valence-corrected chi connectivity index (χ1v) is 11.4.